The zero-order valence-electron chi connectivity index (χ0n) is 21.8. The Labute approximate surface area is 209 Å². The first-order valence-electron chi connectivity index (χ1n) is 11.6. The Morgan fingerprint density at radius 1 is 1.03 bits per heavy atom. The summed E-state index contributed by atoms with van der Waals surface area (Å²) in [7, 11) is 1.91. The van der Waals surface area contributed by atoms with Crippen molar-refractivity contribution in [2.24, 2.45) is 0 Å². The minimum atomic E-state index is -1.16. The van der Waals surface area contributed by atoms with Gasteiger partial charge in [-0.15, -0.1) is 0 Å². The second-order valence-corrected chi connectivity index (χ2v) is 15.3. The summed E-state index contributed by atoms with van der Waals surface area (Å²) in [5, 5.41) is 11.2. The molecule has 0 aliphatic rings. The van der Waals surface area contributed by atoms with E-state index in [0.717, 1.165) is 28.5 Å². The molecule has 0 aliphatic carbocycles. The molecule has 2 aromatic rings. The van der Waals surface area contributed by atoms with Gasteiger partial charge in [0, 0.05) is 32.4 Å². The fraction of sp³-hybridized carbons (Fsp3) is 0.407. The summed E-state index contributed by atoms with van der Waals surface area (Å²) in [5.41, 5.74) is 3.86. The molecule has 0 heterocycles. The van der Waals surface area contributed by atoms with Crippen molar-refractivity contribution in [2.45, 2.75) is 46.0 Å². The standard InChI is InChI=1S/C27H37NO6Si/c1-20(2)8-12-24-22(11-9-21-10-13-25(28(29)30)27(16-21)32-4)17-23(18-26(24)31-3)34-19-33-14-15-35(5,6)7/h8-11,13,16-18H,12,14-15,19H2,1-7H3. The number of nitro benzene ring substituents is 1. The van der Waals surface area contributed by atoms with Gasteiger partial charge < -0.3 is 18.9 Å². The van der Waals surface area contributed by atoms with Gasteiger partial charge in [0.1, 0.15) is 11.5 Å². The number of ether oxygens (including phenoxy) is 4. The van der Waals surface area contributed by atoms with Gasteiger partial charge in [0.2, 0.25) is 0 Å². The molecule has 0 saturated carbocycles. The molecule has 0 N–H and O–H groups in total. The van der Waals surface area contributed by atoms with E-state index in [1.807, 2.05) is 24.3 Å². The van der Waals surface area contributed by atoms with Crippen molar-refractivity contribution < 1.29 is 23.9 Å². The normalized spacial score (nSPS) is 11.4. The molecule has 0 spiro atoms. The van der Waals surface area contributed by atoms with Crippen LogP contribution >= 0.6 is 0 Å². The van der Waals surface area contributed by atoms with Crippen LogP contribution in [0.3, 0.4) is 0 Å². The van der Waals surface area contributed by atoms with Crippen LogP contribution in [0.5, 0.6) is 17.2 Å². The second-order valence-electron chi connectivity index (χ2n) is 9.68. The van der Waals surface area contributed by atoms with Crippen LogP contribution in [0.4, 0.5) is 5.69 Å². The molecule has 0 bridgehead atoms. The Balaban J connectivity index is 2.34. The van der Waals surface area contributed by atoms with Gasteiger partial charge in [-0.1, -0.05) is 43.4 Å². The minimum absolute atomic E-state index is 0.0694. The van der Waals surface area contributed by atoms with Crippen LogP contribution in [-0.4, -0.2) is 40.6 Å². The van der Waals surface area contributed by atoms with Crippen molar-refractivity contribution in [3.8, 4) is 17.2 Å². The van der Waals surface area contributed by atoms with E-state index < -0.39 is 13.0 Å². The van der Waals surface area contributed by atoms with E-state index in [1.165, 1.54) is 18.7 Å². The molecule has 0 unspecified atom stereocenters. The Hall–Kier alpha value is -3.10. The van der Waals surface area contributed by atoms with E-state index >= 15 is 0 Å². The van der Waals surface area contributed by atoms with Gasteiger partial charge in [0.05, 0.1) is 19.1 Å². The molecule has 0 radical (unpaired) electrons. The SMILES string of the molecule is COc1cc(C=Cc2cc(OCOCC[Si](C)(C)C)cc(OC)c2CC=C(C)C)ccc1[N+](=O)[O-]. The molecule has 35 heavy (non-hydrogen) atoms. The van der Waals surface area contributed by atoms with E-state index in [-0.39, 0.29) is 18.2 Å². The number of benzene rings is 2. The summed E-state index contributed by atoms with van der Waals surface area (Å²) in [6.45, 7) is 11.9. The number of methoxy groups -OCH3 is 2. The van der Waals surface area contributed by atoms with Crippen LogP contribution in [-0.2, 0) is 11.2 Å². The molecule has 0 saturated heterocycles. The molecule has 2 rings (SSSR count). The van der Waals surface area contributed by atoms with Gasteiger partial charge in [-0.05, 0) is 55.6 Å². The molecular formula is C27H37NO6Si. The highest BCUT2D eigenvalue weighted by molar-refractivity contribution is 6.76. The topological polar surface area (TPSA) is 80.1 Å². The predicted octanol–water partition coefficient (Wildman–Crippen LogP) is 6.98. The fourth-order valence-corrected chi connectivity index (χ4v) is 4.02. The predicted molar refractivity (Wildman–Crippen MR) is 144 cm³/mol. The average molecular weight is 500 g/mol. The van der Waals surface area contributed by atoms with E-state index in [4.69, 9.17) is 18.9 Å². The summed E-state index contributed by atoms with van der Waals surface area (Å²) < 4.78 is 22.5. The Morgan fingerprint density at radius 3 is 2.34 bits per heavy atom. The van der Waals surface area contributed by atoms with Gasteiger partial charge in [-0.2, -0.15) is 0 Å². The van der Waals surface area contributed by atoms with E-state index in [0.29, 0.717) is 18.8 Å². The first-order chi connectivity index (χ1) is 16.5. The second kappa shape index (κ2) is 13.1. The largest absolute Gasteiger partial charge is 0.496 e. The highest BCUT2D eigenvalue weighted by Gasteiger charge is 2.15. The molecule has 0 fully saturated rings. The van der Waals surface area contributed by atoms with Crippen molar-refractivity contribution >= 4 is 25.9 Å². The molecule has 190 valence electrons. The van der Waals surface area contributed by atoms with Gasteiger partial charge in [0.25, 0.3) is 0 Å². The molecule has 2 aromatic carbocycles. The quantitative estimate of drug-likeness (QED) is 0.0562. The number of hydrogen-bond donors (Lipinski definition) is 0. The Kier molecular flexibility index (Phi) is 10.5. The number of nitro groups is 1. The van der Waals surface area contributed by atoms with Gasteiger partial charge in [-0.25, -0.2) is 0 Å². The van der Waals surface area contributed by atoms with Crippen LogP contribution in [0.1, 0.15) is 30.5 Å². The lowest BCUT2D eigenvalue weighted by molar-refractivity contribution is -0.385. The molecule has 0 aliphatic heterocycles. The molecule has 8 heteroatoms. The van der Waals surface area contributed by atoms with E-state index in [9.17, 15) is 10.1 Å². The zero-order chi connectivity index (χ0) is 26.0. The van der Waals surface area contributed by atoms with Crippen molar-refractivity contribution in [1.29, 1.82) is 0 Å². The average Bonchev–Trinajstić information content (AvgIpc) is 2.80. The van der Waals surface area contributed by atoms with Crippen LogP contribution in [0.25, 0.3) is 12.2 Å². The highest BCUT2D eigenvalue weighted by atomic mass is 28.3. The maximum Gasteiger partial charge on any atom is 0.310 e. The van der Waals surface area contributed by atoms with Crippen LogP contribution in [0.15, 0.2) is 42.0 Å². The Morgan fingerprint density at radius 2 is 1.74 bits per heavy atom. The highest BCUT2D eigenvalue weighted by Crippen LogP contribution is 2.32. The Bertz CT molecular complexity index is 1070. The summed E-state index contributed by atoms with van der Waals surface area (Å²) in [4.78, 5) is 10.7. The lowest BCUT2D eigenvalue weighted by Crippen LogP contribution is -2.22. The maximum atomic E-state index is 11.2. The summed E-state index contributed by atoms with van der Waals surface area (Å²) in [6.07, 6.45) is 6.68. The van der Waals surface area contributed by atoms with Gasteiger partial charge in [0.15, 0.2) is 12.5 Å². The van der Waals surface area contributed by atoms with E-state index in [2.05, 4.69) is 39.6 Å². The third-order valence-electron chi connectivity index (χ3n) is 5.31. The molecule has 0 amide bonds. The first-order valence-corrected chi connectivity index (χ1v) is 15.3. The number of rotatable bonds is 13. The molecule has 0 aromatic heterocycles. The third-order valence-corrected chi connectivity index (χ3v) is 7.02. The molecule has 0 atom stereocenters. The van der Waals surface area contributed by atoms with Crippen LogP contribution < -0.4 is 14.2 Å². The van der Waals surface area contributed by atoms with Gasteiger partial charge in [-0.3, -0.25) is 10.1 Å². The van der Waals surface area contributed by atoms with Crippen LogP contribution in [0.2, 0.25) is 25.7 Å². The van der Waals surface area contributed by atoms with Crippen molar-refractivity contribution in [3.05, 3.63) is 68.8 Å². The lowest BCUT2D eigenvalue weighted by atomic mass is 10.00. The lowest BCUT2D eigenvalue weighted by Gasteiger charge is -2.17. The molecule has 7 nitrogen and oxygen atoms in total. The zero-order valence-corrected chi connectivity index (χ0v) is 22.8. The smallest absolute Gasteiger partial charge is 0.310 e. The van der Waals surface area contributed by atoms with Crippen molar-refractivity contribution in [2.75, 3.05) is 27.6 Å². The number of allylic oxidation sites excluding steroid dienone is 2. The monoisotopic (exact) mass is 499 g/mol. The first kappa shape index (κ1) is 28.1. The number of hydrogen-bond acceptors (Lipinski definition) is 6. The maximum absolute atomic E-state index is 11.2. The molecular weight excluding hydrogens is 462 g/mol. The number of nitrogens with zero attached hydrogens (tertiary/aromatic N) is 1. The third kappa shape index (κ3) is 9.22. The summed E-state index contributed by atoms with van der Waals surface area (Å²) in [6, 6.07) is 9.69. The van der Waals surface area contributed by atoms with Crippen molar-refractivity contribution in [1.82, 2.24) is 0 Å². The fourth-order valence-electron chi connectivity index (χ4n) is 3.26. The van der Waals surface area contributed by atoms with E-state index in [1.54, 1.807) is 19.2 Å². The van der Waals surface area contributed by atoms with Crippen molar-refractivity contribution in [3.63, 3.8) is 0 Å². The van der Waals surface area contributed by atoms with Crippen LogP contribution in [0, 0.1) is 10.1 Å². The van der Waals surface area contributed by atoms with Gasteiger partial charge >= 0.3 is 5.69 Å². The minimum Gasteiger partial charge on any atom is -0.496 e. The summed E-state index contributed by atoms with van der Waals surface area (Å²) in [5.74, 6) is 1.59. The summed E-state index contributed by atoms with van der Waals surface area (Å²) >= 11 is 0.